The standard InChI is InChI=1S/C14H17N3O4/c1-3-6-15-8-10-9-21-14(16-10)12-5-4-11(17(18)19)7-13(12)20-2/h4-5,7,9,15H,3,6,8H2,1-2H3. The maximum absolute atomic E-state index is 10.8. The number of hydrogen-bond acceptors (Lipinski definition) is 6. The molecule has 7 heteroatoms. The van der Waals surface area contributed by atoms with Crippen molar-refractivity contribution in [3.05, 3.63) is 40.3 Å². The molecule has 0 aliphatic carbocycles. The molecule has 21 heavy (non-hydrogen) atoms. The van der Waals surface area contributed by atoms with Gasteiger partial charge in [-0.3, -0.25) is 10.1 Å². The Morgan fingerprint density at radius 3 is 2.95 bits per heavy atom. The third kappa shape index (κ3) is 3.57. The second-order valence-electron chi connectivity index (χ2n) is 4.46. The van der Waals surface area contributed by atoms with Crippen molar-refractivity contribution in [3.8, 4) is 17.2 Å². The molecular formula is C14H17N3O4. The number of oxazole rings is 1. The highest BCUT2D eigenvalue weighted by molar-refractivity contribution is 5.65. The summed E-state index contributed by atoms with van der Waals surface area (Å²) in [6.07, 6.45) is 2.61. The van der Waals surface area contributed by atoms with Gasteiger partial charge in [0.15, 0.2) is 0 Å². The number of nitrogens with one attached hydrogen (secondary N) is 1. The molecule has 0 aliphatic rings. The third-order valence-corrected chi connectivity index (χ3v) is 2.91. The Labute approximate surface area is 122 Å². The molecular weight excluding hydrogens is 274 g/mol. The van der Waals surface area contributed by atoms with Crippen molar-refractivity contribution in [2.75, 3.05) is 13.7 Å². The van der Waals surface area contributed by atoms with E-state index in [4.69, 9.17) is 9.15 Å². The van der Waals surface area contributed by atoms with Gasteiger partial charge in [0.05, 0.1) is 29.4 Å². The summed E-state index contributed by atoms with van der Waals surface area (Å²) in [5.41, 5.74) is 1.33. The van der Waals surface area contributed by atoms with E-state index in [0.717, 1.165) is 18.7 Å². The Balaban J connectivity index is 2.23. The first-order valence-corrected chi connectivity index (χ1v) is 6.63. The fourth-order valence-corrected chi connectivity index (χ4v) is 1.88. The van der Waals surface area contributed by atoms with E-state index in [1.807, 2.05) is 0 Å². The second kappa shape index (κ2) is 6.85. The molecule has 0 aliphatic heterocycles. The molecule has 1 heterocycles. The Kier molecular flexibility index (Phi) is 4.89. The van der Waals surface area contributed by atoms with Crippen LogP contribution in [-0.4, -0.2) is 23.6 Å². The highest BCUT2D eigenvalue weighted by Crippen LogP contribution is 2.32. The van der Waals surface area contributed by atoms with E-state index >= 15 is 0 Å². The van der Waals surface area contributed by atoms with E-state index in [9.17, 15) is 10.1 Å². The number of non-ortho nitro benzene ring substituents is 1. The molecule has 0 saturated heterocycles. The minimum Gasteiger partial charge on any atom is -0.496 e. The Morgan fingerprint density at radius 2 is 2.29 bits per heavy atom. The van der Waals surface area contributed by atoms with Crippen LogP contribution < -0.4 is 10.1 Å². The molecule has 0 atom stereocenters. The summed E-state index contributed by atoms with van der Waals surface area (Å²) in [7, 11) is 1.45. The maximum Gasteiger partial charge on any atom is 0.273 e. The predicted octanol–water partition coefficient (Wildman–Crippen LogP) is 2.76. The summed E-state index contributed by atoms with van der Waals surface area (Å²) >= 11 is 0. The maximum atomic E-state index is 10.8. The van der Waals surface area contributed by atoms with Gasteiger partial charge in [-0.1, -0.05) is 6.92 Å². The van der Waals surface area contributed by atoms with E-state index < -0.39 is 4.92 Å². The Morgan fingerprint density at radius 1 is 1.48 bits per heavy atom. The summed E-state index contributed by atoms with van der Waals surface area (Å²) in [6.45, 7) is 3.61. The van der Waals surface area contributed by atoms with Gasteiger partial charge in [-0.25, -0.2) is 4.98 Å². The van der Waals surface area contributed by atoms with Gasteiger partial charge in [-0.15, -0.1) is 0 Å². The van der Waals surface area contributed by atoms with Crippen molar-refractivity contribution in [2.45, 2.75) is 19.9 Å². The molecule has 0 amide bonds. The van der Waals surface area contributed by atoms with Gasteiger partial charge in [0.2, 0.25) is 5.89 Å². The molecule has 1 aromatic carbocycles. The summed E-state index contributed by atoms with van der Waals surface area (Å²) in [4.78, 5) is 14.7. The highest BCUT2D eigenvalue weighted by Gasteiger charge is 2.16. The van der Waals surface area contributed by atoms with Crippen LogP contribution in [0.5, 0.6) is 5.75 Å². The van der Waals surface area contributed by atoms with Crippen molar-refractivity contribution in [1.29, 1.82) is 0 Å². The number of rotatable bonds is 7. The highest BCUT2D eigenvalue weighted by atomic mass is 16.6. The third-order valence-electron chi connectivity index (χ3n) is 2.91. The van der Waals surface area contributed by atoms with Gasteiger partial charge in [0.1, 0.15) is 12.0 Å². The van der Waals surface area contributed by atoms with E-state index in [-0.39, 0.29) is 5.69 Å². The Hall–Kier alpha value is -2.41. The number of aromatic nitrogens is 1. The summed E-state index contributed by atoms with van der Waals surface area (Å²) in [5, 5.41) is 14.0. The lowest BCUT2D eigenvalue weighted by atomic mass is 10.2. The number of nitro groups is 1. The first kappa shape index (κ1) is 15.0. The molecule has 1 N–H and O–H groups in total. The molecule has 2 aromatic rings. The molecule has 0 bridgehead atoms. The van der Waals surface area contributed by atoms with Crippen molar-refractivity contribution >= 4 is 5.69 Å². The molecule has 2 rings (SSSR count). The Bertz CT molecular complexity index is 624. The molecule has 0 spiro atoms. The fraction of sp³-hybridized carbons (Fsp3) is 0.357. The number of nitro benzene ring substituents is 1. The number of hydrogen-bond donors (Lipinski definition) is 1. The van der Waals surface area contributed by atoms with Crippen molar-refractivity contribution in [2.24, 2.45) is 0 Å². The van der Waals surface area contributed by atoms with Crippen molar-refractivity contribution < 1.29 is 14.1 Å². The topological polar surface area (TPSA) is 90.4 Å². The summed E-state index contributed by atoms with van der Waals surface area (Å²) in [6, 6.07) is 4.33. The van der Waals surface area contributed by atoms with E-state index in [1.165, 1.54) is 19.2 Å². The molecule has 0 unspecified atom stereocenters. The summed E-state index contributed by atoms with van der Waals surface area (Å²) in [5.74, 6) is 0.745. The molecule has 112 valence electrons. The lowest BCUT2D eigenvalue weighted by Gasteiger charge is -2.04. The zero-order chi connectivity index (χ0) is 15.2. The monoisotopic (exact) mass is 291 g/mol. The van der Waals surface area contributed by atoms with Crippen molar-refractivity contribution in [3.63, 3.8) is 0 Å². The van der Waals surface area contributed by atoms with E-state index in [1.54, 1.807) is 12.3 Å². The zero-order valence-electron chi connectivity index (χ0n) is 12.0. The quantitative estimate of drug-likeness (QED) is 0.479. The van der Waals surface area contributed by atoms with Crippen LogP contribution in [-0.2, 0) is 6.54 Å². The van der Waals surface area contributed by atoms with E-state index in [2.05, 4.69) is 17.2 Å². The van der Waals surface area contributed by atoms with Gasteiger partial charge in [-0.2, -0.15) is 0 Å². The van der Waals surface area contributed by atoms with Crippen LogP contribution in [0.3, 0.4) is 0 Å². The minimum absolute atomic E-state index is 0.0352. The SMILES string of the molecule is CCCNCc1coc(-c2ccc([N+](=O)[O-])cc2OC)n1. The van der Waals surface area contributed by atoms with Crippen LogP contribution in [0.1, 0.15) is 19.0 Å². The smallest absolute Gasteiger partial charge is 0.273 e. The van der Waals surface area contributed by atoms with Crippen LogP contribution in [0, 0.1) is 10.1 Å². The predicted molar refractivity (Wildman–Crippen MR) is 77.1 cm³/mol. The first-order chi connectivity index (χ1) is 10.2. The second-order valence-corrected chi connectivity index (χ2v) is 4.46. The lowest BCUT2D eigenvalue weighted by molar-refractivity contribution is -0.384. The van der Waals surface area contributed by atoms with Gasteiger partial charge in [-0.05, 0) is 19.0 Å². The van der Waals surface area contributed by atoms with Gasteiger partial charge < -0.3 is 14.5 Å². The minimum atomic E-state index is -0.470. The number of benzene rings is 1. The fourth-order valence-electron chi connectivity index (χ4n) is 1.88. The van der Waals surface area contributed by atoms with E-state index in [0.29, 0.717) is 23.7 Å². The van der Waals surface area contributed by atoms with Gasteiger partial charge in [0.25, 0.3) is 5.69 Å². The molecule has 0 saturated carbocycles. The largest absolute Gasteiger partial charge is 0.496 e. The summed E-state index contributed by atoms with van der Waals surface area (Å²) < 4.78 is 10.6. The van der Waals surface area contributed by atoms with Crippen LogP contribution in [0.2, 0.25) is 0 Å². The first-order valence-electron chi connectivity index (χ1n) is 6.63. The number of ether oxygens (including phenoxy) is 1. The number of nitrogens with zero attached hydrogens (tertiary/aromatic N) is 2. The lowest BCUT2D eigenvalue weighted by Crippen LogP contribution is -2.13. The van der Waals surface area contributed by atoms with Crippen LogP contribution in [0.25, 0.3) is 11.5 Å². The average molecular weight is 291 g/mol. The van der Waals surface area contributed by atoms with Crippen LogP contribution in [0.15, 0.2) is 28.9 Å². The van der Waals surface area contributed by atoms with Crippen LogP contribution in [0.4, 0.5) is 5.69 Å². The zero-order valence-corrected chi connectivity index (χ0v) is 12.0. The van der Waals surface area contributed by atoms with Gasteiger partial charge >= 0.3 is 0 Å². The van der Waals surface area contributed by atoms with Crippen LogP contribution >= 0.6 is 0 Å². The molecule has 1 aromatic heterocycles. The van der Waals surface area contributed by atoms with Crippen molar-refractivity contribution in [1.82, 2.24) is 10.3 Å². The average Bonchev–Trinajstić information content (AvgIpc) is 2.95. The molecule has 0 radical (unpaired) electrons. The normalized spacial score (nSPS) is 10.6. The van der Waals surface area contributed by atoms with Gasteiger partial charge in [0, 0.05) is 12.6 Å². The molecule has 0 fully saturated rings. The molecule has 7 nitrogen and oxygen atoms in total. The number of methoxy groups -OCH3 is 1.